The molecule has 3 nitrogen and oxygen atoms in total. The normalized spacial score (nSPS) is 17.2. The first-order chi connectivity index (χ1) is 9.11. The number of rotatable bonds is 4. The molecule has 1 atom stereocenters. The van der Waals surface area contributed by atoms with E-state index < -0.39 is 11.2 Å². The number of carbonyl (C=O) groups excluding carboxylic acids is 1. The molecule has 104 valence electrons. The topological polar surface area (TPSA) is 38.3 Å². The van der Waals surface area contributed by atoms with Gasteiger partial charge in [-0.1, -0.05) is 18.9 Å². The number of benzene rings is 1. The van der Waals surface area contributed by atoms with Gasteiger partial charge in [0.05, 0.1) is 7.11 Å². The van der Waals surface area contributed by atoms with Gasteiger partial charge in [-0.25, -0.2) is 4.39 Å². The Balaban J connectivity index is 2.03. The Kier molecular flexibility index (Phi) is 4.64. The monoisotopic (exact) mass is 285 g/mol. The fourth-order valence-corrected chi connectivity index (χ4v) is 2.53. The molecule has 2 rings (SSSR count). The number of hydrogen-bond acceptors (Lipinski definition) is 2. The Hall–Kier alpha value is -1.29. The average molecular weight is 286 g/mol. The maximum absolute atomic E-state index is 13.6. The number of methoxy groups -OCH3 is 1. The van der Waals surface area contributed by atoms with Gasteiger partial charge in [-0.15, -0.1) is 11.6 Å². The second kappa shape index (κ2) is 6.24. The standard InChI is InChI=1S/C14H17ClFNO2/c1-19-12-7-6-9(8-11(12)16)13(15)14(18)17-10-4-2-3-5-10/h6-8,10,13H,2-5H2,1H3,(H,17,18). The predicted molar refractivity (Wildman–Crippen MR) is 71.9 cm³/mol. The molecule has 0 spiro atoms. The van der Waals surface area contributed by atoms with Crippen LogP contribution < -0.4 is 10.1 Å². The second-order valence-corrected chi connectivity index (χ2v) is 5.18. The molecular formula is C14H17ClFNO2. The molecule has 0 bridgehead atoms. The van der Waals surface area contributed by atoms with Crippen LogP contribution in [0.25, 0.3) is 0 Å². The molecule has 1 fully saturated rings. The number of carbonyl (C=O) groups is 1. The minimum Gasteiger partial charge on any atom is -0.494 e. The lowest BCUT2D eigenvalue weighted by atomic mass is 10.1. The first-order valence-corrected chi connectivity index (χ1v) is 6.83. The summed E-state index contributed by atoms with van der Waals surface area (Å²) in [5.41, 5.74) is 0.440. The summed E-state index contributed by atoms with van der Waals surface area (Å²) in [4.78, 5) is 12.0. The number of alkyl halides is 1. The van der Waals surface area contributed by atoms with Crippen molar-refractivity contribution in [2.45, 2.75) is 37.1 Å². The Morgan fingerprint density at radius 1 is 1.47 bits per heavy atom. The smallest absolute Gasteiger partial charge is 0.242 e. The van der Waals surface area contributed by atoms with E-state index in [1.54, 1.807) is 6.07 Å². The van der Waals surface area contributed by atoms with Gasteiger partial charge in [-0.2, -0.15) is 0 Å². The van der Waals surface area contributed by atoms with Crippen molar-refractivity contribution in [1.82, 2.24) is 5.32 Å². The number of nitrogens with one attached hydrogen (secondary N) is 1. The molecule has 1 aliphatic rings. The molecule has 1 unspecified atom stereocenters. The quantitative estimate of drug-likeness (QED) is 0.863. The van der Waals surface area contributed by atoms with E-state index in [0.717, 1.165) is 25.7 Å². The van der Waals surface area contributed by atoms with E-state index in [-0.39, 0.29) is 17.7 Å². The van der Waals surface area contributed by atoms with Gasteiger partial charge in [0.15, 0.2) is 11.6 Å². The van der Waals surface area contributed by atoms with Crippen molar-refractivity contribution >= 4 is 17.5 Å². The number of hydrogen-bond donors (Lipinski definition) is 1. The summed E-state index contributed by atoms with van der Waals surface area (Å²) >= 11 is 6.08. The zero-order valence-corrected chi connectivity index (χ0v) is 11.5. The largest absolute Gasteiger partial charge is 0.494 e. The fourth-order valence-electron chi connectivity index (χ4n) is 2.34. The van der Waals surface area contributed by atoms with E-state index >= 15 is 0 Å². The molecule has 19 heavy (non-hydrogen) atoms. The summed E-state index contributed by atoms with van der Waals surface area (Å²) in [5, 5.41) is 2.03. The van der Waals surface area contributed by atoms with E-state index in [1.165, 1.54) is 19.2 Å². The second-order valence-electron chi connectivity index (χ2n) is 4.75. The highest BCUT2D eigenvalue weighted by Crippen LogP contribution is 2.27. The lowest BCUT2D eigenvalue weighted by molar-refractivity contribution is -0.121. The van der Waals surface area contributed by atoms with Gasteiger partial charge < -0.3 is 10.1 Å². The fraction of sp³-hybridized carbons (Fsp3) is 0.500. The van der Waals surface area contributed by atoms with Crippen molar-refractivity contribution in [1.29, 1.82) is 0 Å². The van der Waals surface area contributed by atoms with Crippen LogP contribution in [0.3, 0.4) is 0 Å². The molecule has 1 N–H and O–H groups in total. The van der Waals surface area contributed by atoms with Crippen LogP contribution in [0.4, 0.5) is 4.39 Å². The van der Waals surface area contributed by atoms with Gasteiger partial charge >= 0.3 is 0 Å². The summed E-state index contributed by atoms with van der Waals surface area (Å²) in [6, 6.07) is 4.53. The summed E-state index contributed by atoms with van der Waals surface area (Å²) in [6.07, 6.45) is 4.25. The highest BCUT2D eigenvalue weighted by atomic mass is 35.5. The predicted octanol–water partition coefficient (Wildman–Crippen LogP) is 3.17. The van der Waals surface area contributed by atoms with E-state index in [0.29, 0.717) is 5.56 Å². The summed E-state index contributed by atoms with van der Waals surface area (Å²) in [7, 11) is 1.39. The van der Waals surface area contributed by atoms with Crippen LogP contribution in [-0.4, -0.2) is 19.1 Å². The first kappa shape index (κ1) is 14.1. The van der Waals surface area contributed by atoms with Gasteiger partial charge in [-0.05, 0) is 30.5 Å². The SMILES string of the molecule is COc1ccc(C(Cl)C(=O)NC2CCCC2)cc1F. The Labute approximate surface area is 117 Å². The first-order valence-electron chi connectivity index (χ1n) is 6.39. The van der Waals surface area contributed by atoms with Crippen LogP contribution in [0.15, 0.2) is 18.2 Å². The van der Waals surface area contributed by atoms with Crippen LogP contribution >= 0.6 is 11.6 Å². The third-order valence-electron chi connectivity index (χ3n) is 3.40. The number of ether oxygens (including phenoxy) is 1. The van der Waals surface area contributed by atoms with Gasteiger partial charge in [-0.3, -0.25) is 4.79 Å². The Bertz CT molecular complexity index is 461. The van der Waals surface area contributed by atoms with Crippen molar-refractivity contribution in [3.63, 3.8) is 0 Å². The number of amides is 1. The lowest BCUT2D eigenvalue weighted by Gasteiger charge is -2.16. The van der Waals surface area contributed by atoms with Crippen molar-refractivity contribution in [2.24, 2.45) is 0 Å². The molecule has 0 heterocycles. The highest BCUT2D eigenvalue weighted by molar-refractivity contribution is 6.30. The Morgan fingerprint density at radius 3 is 2.74 bits per heavy atom. The molecule has 1 aromatic rings. The molecule has 1 aromatic carbocycles. The zero-order chi connectivity index (χ0) is 13.8. The summed E-state index contributed by atoms with van der Waals surface area (Å²) in [5.74, 6) is -0.638. The van der Waals surface area contributed by atoms with Crippen LogP contribution in [0.2, 0.25) is 0 Å². The highest BCUT2D eigenvalue weighted by Gasteiger charge is 2.23. The summed E-state index contributed by atoms with van der Waals surface area (Å²) in [6.45, 7) is 0. The maximum atomic E-state index is 13.6. The van der Waals surface area contributed by atoms with E-state index in [1.807, 2.05) is 0 Å². The molecule has 0 aliphatic heterocycles. The van der Waals surface area contributed by atoms with Gasteiger partial charge in [0.25, 0.3) is 0 Å². The third kappa shape index (κ3) is 3.38. The molecule has 5 heteroatoms. The number of halogens is 2. The van der Waals surface area contributed by atoms with E-state index in [2.05, 4.69) is 5.32 Å². The van der Waals surface area contributed by atoms with Crippen molar-refractivity contribution in [3.05, 3.63) is 29.6 Å². The van der Waals surface area contributed by atoms with Crippen molar-refractivity contribution in [2.75, 3.05) is 7.11 Å². The van der Waals surface area contributed by atoms with Gasteiger partial charge in [0, 0.05) is 6.04 Å². The van der Waals surface area contributed by atoms with Crippen LogP contribution in [0.5, 0.6) is 5.75 Å². The molecule has 1 aliphatic carbocycles. The van der Waals surface area contributed by atoms with Crippen LogP contribution in [-0.2, 0) is 4.79 Å². The van der Waals surface area contributed by atoms with Crippen molar-refractivity contribution in [3.8, 4) is 5.75 Å². The lowest BCUT2D eigenvalue weighted by Crippen LogP contribution is -2.34. The van der Waals surface area contributed by atoms with E-state index in [9.17, 15) is 9.18 Å². The molecule has 1 amide bonds. The average Bonchev–Trinajstić information content (AvgIpc) is 2.90. The molecule has 0 aromatic heterocycles. The van der Waals surface area contributed by atoms with Gasteiger partial charge in [0.2, 0.25) is 5.91 Å². The van der Waals surface area contributed by atoms with Crippen LogP contribution in [0.1, 0.15) is 36.6 Å². The molecule has 1 saturated carbocycles. The minimum absolute atomic E-state index is 0.142. The van der Waals surface area contributed by atoms with Crippen molar-refractivity contribution < 1.29 is 13.9 Å². The Morgan fingerprint density at radius 2 is 2.16 bits per heavy atom. The van der Waals surface area contributed by atoms with Crippen LogP contribution in [0, 0.1) is 5.82 Å². The third-order valence-corrected chi connectivity index (χ3v) is 3.85. The summed E-state index contributed by atoms with van der Waals surface area (Å²) < 4.78 is 18.4. The molecular weight excluding hydrogens is 269 g/mol. The zero-order valence-electron chi connectivity index (χ0n) is 10.8. The molecule has 0 radical (unpaired) electrons. The van der Waals surface area contributed by atoms with E-state index in [4.69, 9.17) is 16.3 Å². The minimum atomic E-state index is -0.874. The van der Waals surface area contributed by atoms with Gasteiger partial charge in [0.1, 0.15) is 5.38 Å². The molecule has 0 saturated heterocycles. The maximum Gasteiger partial charge on any atom is 0.242 e.